The van der Waals surface area contributed by atoms with Crippen LogP contribution in [0.1, 0.15) is 21.6 Å². The number of nitrogens with two attached hydrogens (primary N) is 1. The maximum atomic E-state index is 14.0. The van der Waals surface area contributed by atoms with Gasteiger partial charge in [0.05, 0.1) is 28.0 Å². The molecule has 0 atom stereocenters. The summed E-state index contributed by atoms with van der Waals surface area (Å²) in [6, 6.07) is 12.1. The third-order valence-electron chi connectivity index (χ3n) is 4.85. The van der Waals surface area contributed by atoms with Crippen LogP contribution in [0.3, 0.4) is 0 Å². The molecule has 0 spiro atoms. The van der Waals surface area contributed by atoms with Gasteiger partial charge in [-0.05, 0) is 29.3 Å². The van der Waals surface area contributed by atoms with Gasteiger partial charge in [0.2, 0.25) is 0 Å². The number of aromatic nitrogens is 1. The van der Waals surface area contributed by atoms with Crippen LogP contribution in [0.15, 0.2) is 59.6 Å². The van der Waals surface area contributed by atoms with Crippen molar-refractivity contribution in [2.45, 2.75) is 17.9 Å². The first-order chi connectivity index (χ1) is 14.4. The molecule has 1 aromatic heterocycles. The molecule has 0 aliphatic carbocycles. The van der Waals surface area contributed by atoms with E-state index < -0.39 is 15.8 Å². The number of benzene rings is 2. The second kappa shape index (κ2) is 7.85. The van der Waals surface area contributed by atoms with Gasteiger partial charge in [-0.1, -0.05) is 30.3 Å². The third kappa shape index (κ3) is 3.89. The number of carbonyl (C=O) groups excluding carboxylic acids is 1. The van der Waals surface area contributed by atoms with Crippen molar-refractivity contribution in [3.63, 3.8) is 0 Å². The predicted molar refractivity (Wildman–Crippen MR) is 111 cm³/mol. The van der Waals surface area contributed by atoms with Crippen molar-refractivity contribution in [1.29, 1.82) is 0 Å². The Balaban J connectivity index is 1.73. The van der Waals surface area contributed by atoms with E-state index in [4.69, 9.17) is 5.73 Å². The zero-order chi connectivity index (χ0) is 21.3. The number of halogens is 1. The molecule has 0 saturated heterocycles. The monoisotopic (exact) mass is 426 g/mol. The maximum Gasteiger partial charge on any atom is 0.262 e. The topological polar surface area (TPSA) is 114 Å². The fourth-order valence-electron chi connectivity index (χ4n) is 3.32. The Morgan fingerprint density at radius 2 is 1.87 bits per heavy atom. The molecule has 3 aromatic rings. The summed E-state index contributed by atoms with van der Waals surface area (Å²) in [4.78, 5) is 16.0. The molecular weight excluding hydrogens is 407 g/mol. The molecule has 0 radical (unpaired) electrons. The smallest absolute Gasteiger partial charge is 0.262 e. The molecule has 7 nitrogen and oxygen atoms in total. The van der Waals surface area contributed by atoms with Crippen LogP contribution in [-0.4, -0.2) is 25.9 Å². The van der Waals surface area contributed by atoms with Gasteiger partial charge in [0.1, 0.15) is 5.82 Å². The molecule has 0 bridgehead atoms. The van der Waals surface area contributed by atoms with Gasteiger partial charge in [-0.15, -0.1) is 0 Å². The fourth-order valence-corrected chi connectivity index (χ4v) is 4.60. The summed E-state index contributed by atoms with van der Waals surface area (Å²) < 4.78 is 42.6. The number of anilines is 1. The lowest BCUT2D eigenvalue weighted by molar-refractivity contribution is 0.0945. The Bertz CT molecular complexity index is 1230. The number of rotatable bonds is 5. The van der Waals surface area contributed by atoms with Gasteiger partial charge in [-0.2, -0.15) is 0 Å². The lowest BCUT2D eigenvalue weighted by Gasteiger charge is -2.17. The minimum atomic E-state index is -4.16. The molecule has 0 fully saturated rings. The van der Waals surface area contributed by atoms with Gasteiger partial charge in [0, 0.05) is 25.1 Å². The molecule has 0 saturated carbocycles. The van der Waals surface area contributed by atoms with Crippen LogP contribution < -0.4 is 15.8 Å². The average molecular weight is 426 g/mol. The summed E-state index contributed by atoms with van der Waals surface area (Å²) in [6.07, 6.45) is 1.92. The number of nitrogens with one attached hydrogen (secondary N) is 2. The normalized spacial score (nSPS) is 13.5. The van der Waals surface area contributed by atoms with Crippen LogP contribution in [0.5, 0.6) is 0 Å². The highest BCUT2D eigenvalue weighted by atomic mass is 32.2. The van der Waals surface area contributed by atoms with Gasteiger partial charge in [0.25, 0.3) is 15.9 Å². The minimum absolute atomic E-state index is 0.125. The predicted octanol–water partition coefficient (Wildman–Crippen LogP) is 2.43. The van der Waals surface area contributed by atoms with Crippen LogP contribution in [0.2, 0.25) is 0 Å². The number of carbonyl (C=O) groups is 1. The molecular formula is C21H19FN4O3S. The van der Waals surface area contributed by atoms with Crippen LogP contribution in [0, 0.1) is 5.82 Å². The van der Waals surface area contributed by atoms with Crippen LogP contribution in [0.4, 0.5) is 10.1 Å². The summed E-state index contributed by atoms with van der Waals surface area (Å²) in [5.74, 6) is -0.989. The molecule has 0 unspecified atom stereocenters. The number of hydrogen-bond donors (Lipinski definition) is 3. The maximum absolute atomic E-state index is 14.0. The van der Waals surface area contributed by atoms with Crippen molar-refractivity contribution < 1.29 is 17.6 Å². The summed E-state index contributed by atoms with van der Waals surface area (Å²) in [7, 11) is -4.16. The van der Waals surface area contributed by atoms with Crippen molar-refractivity contribution in [3.8, 4) is 11.1 Å². The molecule has 4 rings (SSSR count). The summed E-state index contributed by atoms with van der Waals surface area (Å²) in [5.41, 5.74) is 8.50. The van der Waals surface area contributed by atoms with Crippen LogP contribution >= 0.6 is 0 Å². The molecule has 1 amide bonds. The molecule has 1 aliphatic heterocycles. The van der Waals surface area contributed by atoms with E-state index in [0.29, 0.717) is 41.9 Å². The van der Waals surface area contributed by atoms with Gasteiger partial charge in [-0.3, -0.25) is 14.5 Å². The van der Waals surface area contributed by atoms with Gasteiger partial charge in [-0.25, -0.2) is 12.8 Å². The Labute approximate surface area is 173 Å². The van der Waals surface area contributed by atoms with Crippen LogP contribution in [-0.2, 0) is 23.0 Å². The second-order valence-electron chi connectivity index (χ2n) is 6.87. The first-order valence-corrected chi connectivity index (χ1v) is 10.7. The molecule has 2 heterocycles. The Hall–Kier alpha value is -3.30. The number of pyridine rings is 1. The zero-order valence-corrected chi connectivity index (χ0v) is 16.7. The zero-order valence-electron chi connectivity index (χ0n) is 15.9. The highest BCUT2D eigenvalue weighted by molar-refractivity contribution is 7.92. The number of amides is 1. The van der Waals surface area contributed by atoms with E-state index in [2.05, 4.69) is 15.0 Å². The molecule has 154 valence electrons. The van der Waals surface area contributed by atoms with Gasteiger partial charge >= 0.3 is 0 Å². The second-order valence-corrected chi connectivity index (χ2v) is 8.52. The Morgan fingerprint density at radius 3 is 2.60 bits per heavy atom. The average Bonchev–Trinajstić information content (AvgIpc) is 2.74. The number of hydrogen-bond acceptors (Lipinski definition) is 5. The minimum Gasteiger partial charge on any atom is -0.352 e. The summed E-state index contributed by atoms with van der Waals surface area (Å²) in [6.45, 7) is 0.842. The van der Waals surface area contributed by atoms with E-state index in [9.17, 15) is 17.6 Å². The van der Waals surface area contributed by atoms with Crippen molar-refractivity contribution >= 4 is 21.6 Å². The Kier molecular flexibility index (Phi) is 5.23. The number of fused-ring (bicyclic) bond motifs is 1. The lowest BCUT2D eigenvalue weighted by atomic mass is 10.0. The van der Waals surface area contributed by atoms with E-state index in [1.54, 1.807) is 24.3 Å². The molecule has 30 heavy (non-hydrogen) atoms. The van der Waals surface area contributed by atoms with Crippen molar-refractivity contribution in [2.75, 3.05) is 11.3 Å². The summed E-state index contributed by atoms with van der Waals surface area (Å²) in [5, 5.41) is 2.69. The van der Waals surface area contributed by atoms with Crippen LogP contribution in [0.25, 0.3) is 11.1 Å². The fraction of sp³-hybridized carbons (Fsp3) is 0.143. The van der Waals surface area contributed by atoms with Crippen molar-refractivity contribution in [3.05, 3.63) is 77.4 Å². The molecule has 2 aromatic carbocycles. The van der Waals surface area contributed by atoms with E-state index >= 15 is 0 Å². The highest BCUT2D eigenvalue weighted by Gasteiger charge is 2.23. The van der Waals surface area contributed by atoms with Crippen molar-refractivity contribution in [2.24, 2.45) is 5.73 Å². The largest absolute Gasteiger partial charge is 0.352 e. The van der Waals surface area contributed by atoms with Gasteiger partial charge in [0.15, 0.2) is 0 Å². The highest BCUT2D eigenvalue weighted by Crippen LogP contribution is 2.30. The standard InChI is InChI=1S/C21H19FN4O3S/c22-15-5-6-17(14-3-1-13(11-23)2-4-14)20(9-15)30(28,29)26-16-10-18-19(25-12-16)7-8-24-21(18)27/h1-6,9-10,12,26H,7-8,11,23H2,(H,24,27). The number of sulfonamides is 1. The quantitative estimate of drug-likeness (QED) is 0.580. The van der Waals surface area contributed by atoms with E-state index in [-0.39, 0.29) is 16.5 Å². The van der Waals surface area contributed by atoms with Gasteiger partial charge < -0.3 is 11.1 Å². The first kappa shape index (κ1) is 20.0. The third-order valence-corrected chi connectivity index (χ3v) is 6.27. The van der Waals surface area contributed by atoms with E-state index in [1.807, 2.05) is 0 Å². The Morgan fingerprint density at radius 1 is 1.10 bits per heavy atom. The van der Waals surface area contributed by atoms with E-state index in [1.165, 1.54) is 24.4 Å². The lowest BCUT2D eigenvalue weighted by Crippen LogP contribution is -2.32. The molecule has 4 N–H and O–H groups in total. The first-order valence-electron chi connectivity index (χ1n) is 9.26. The SMILES string of the molecule is NCc1ccc(-c2ccc(F)cc2S(=O)(=O)Nc2cnc3c(c2)C(=O)NCC3)cc1. The molecule has 9 heteroatoms. The number of nitrogens with zero attached hydrogens (tertiary/aromatic N) is 1. The van der Waals surface area contributed by atoms with Crippen molar-refractivity contribution in [1.82, 2.24) is 10.3 Å². The molecule has 1 aliphatic rings. The van der Waals surface area contributed by atoms with E-state index in [0.717, 1.165) is 11.6 Å². The summed E-state index contributed by atoms with van der Waals surface area (Å²) >= 11 is 0.